The maximum Gasteiger partial charge on any atom is 0.306 e. The van der Waals surface area contributed by atoms with E-state index in [2.05, 4.69) is 11.4 Å². The average Bonchev–Trinajstić information content (AvgIpc) is 2.90. The molecule has 0 saturated heterocycles. The maximum absolute atomic E-state index is 13.2. The zero-order valence-electron chi connectivity index (χ0n) is 17.2. The highest BCUT2D eigenvalue weighted by Crippen LogP contribution is 2.27. The molecule has 1 aromatic carbocycles. The van der Waals surface area contributed by atoms with Gasteiger partial charge in [-0.3, -0.25) is 9.59 Å². The van der Waals surface area contributed by atoms with Crippen LogP contribution in [-0.4, -0.2) is 23.1 Å². The number of benzene rings is 1. The van der Waals surface area contributed by atoms with Crippen molar-refractivity contribution in [1.82, 2.24) is 4.57 Å². The fourth-order valence-electron chi connectivity index (χ4n) is 2.89. The van der Waals surface area contributed by atoms with Gasteiger partial charge in [-0.2, -0.15) is 5.26 Å². The van der Waals surface area contributed by atoms with Crippen LogP contribution in [0.15, 0.2) is 24.3 Å². The van der Waals surface area contributed by atoms with Crippen molar-refractivity contribution in [2.75, 3.05) is 11.9 Å². The molecule has 2 aromatic rings. The number of hydrogen-bond donors (Lipinski definition) is 1. The number of hydrogen-bond acceptors (Lipinski definition) is 4. The van der Waals surface area contributed by atoms with Gasteiger partial charge in [0.15, 0.2) is 6.61 Å². The van der Waals surface area contributed by atoms with Gasteiger partial charge in [0.25, 0.3) is 5.91 Å². The van der Waals surface area contributed by atoms with Crippen molar-refractivity contribution in [3.05, 3.63) is 52.5 Å². The Balaban J connectivity index is 2.15. The second-order valence-corrected chi connectivity index (χ2v) is 7.40. The van der Waals surface area contributed by atoms with E-state index in [0.29, 0.717) is 30.3 Å². The largest absolute Gasteiger partial charge is 0.456 e. The number of carbonyl (C=O) groups excluding carboxylic acids is 2. The first kappa shape index (κ1) is 22.2. The van der Waals surface area contributed by atoms with Crippen LogP contribution < -0.4 is 5.32 Å². The lowest BCUT2D eigenvalue weighted by atomic mass is 10.1. The first-order chi connectivity index (χ1) is 13.7. The van der Waals surface area contributed by atoms with E-state index in [9.17, 15) is 19.2 Å². The van der Waals surface area contributed by atoms with Gasteiger partial charge < -0.3 is 14.6 Å². The summed E-state index contributed by atoms with van der Waals surface area (Å²) in [5, 5.41) is 12.2. The fourth-order valence-corrected chi connectivity index (χ4v) is 2.89. The molecule has 0 aliphatic heterocycles. The molecular formula is C22H26FN3O3. The van der Waals surface area contributed by atoms with Crippen LogP contribution in [0.4, 0.5) is 10.2 Å². The lowest BCUT2D eigenvalue weighted by Gasteiger charge is -2.13. The Morgan fingerprint density at radius 1 is 1.24 bits per heavy atom. The van der Waals surface area contributed by atoms with Crippen molar-refractivity contribution in [2.45, 2.75) is 47.1 Å². The molecule has 6 nitrogen and oxygen atoms in total. The van der Waals surface area contributed by atoms with E-state index in [-0.39, 0.29) is 12.2 Å². The third kappa shape index (κ3) is 5.92. The van der Waals surface area contributed by atoms with Crippen molar-refractivity contribution in [2.24, 2.45) is 5.92 Å². The molecule has 1 N–H and O–H groups in total. The second-order valence-electron chi connectivity index (χ2n) is 7.40. The number of nitrogens with zero attached hydrogens (tertiary/aromatic N) is 2. The minimum Gasteiger partial charge on any atom is -0.456 e. The monoisotopic (exact) mass is 399 g/mol. The van der Waals surface area contributed by atoms with Crippen molar-refractivity contribution in [1.29, 1.82) is 5.26 Å². The number of anilines is 1. The molecule has 2 rings (SSSR count). The Morgan fingerprint density at radius 3 is 2.48 bits per heavy atom. The van der Waals surface area contributed by atoms with Crippen LogP contribution in [-0.2, 0) is 20.9 Å². The maximum atomic E-state index is 13.2. The fraction of sp³-hybridized carbons (Fsp3) is 0.409. The summed E-state index contributed by atoms with van der Waals surface area (Å²) < 4.78 is 20.0. The summed E-state index contributed by atoms with van der Waals surface area (Å²) in [4.78, 5) is 24.1. The van der Waals surface area contributed by atoms with Crippen molar-refractivity contribution in [3.8, 4) is 6.07 Å². The third-order valence-electron chi connectivity index (χ3n) is 4.74. The van der Waals surface area contributed by atoms with Crippen LogP contribution in [0.5, 0.6) is 0 Å². The molecule has 0 spiro atoms. The Kier molecular flexibility index (Phi) is 7.54. The van der Waals surface area contributed by atoms with Crippen LogP contribution in [0.25, 0.3) is 0 Å². The van der Waals surface area contributed by atoms with Gasteiger partial charge in [0.1, 0.15) is 17.7 Å². The Bertz CT molecular complexity index is 924. The normalized spacial score (nSPS) is 10.7. The van der Waals surface area contributed by atoms with E-state index in [0.717, 1.165) is 16.8 Å². The predicted molar refractivity (Wildman–Crippen MR) is 108 cm³/mol. The van der Waals surface area contributed by atoms with Crippen LogP contribution >= 0.6 is 0 Å². The van der Waals surface area contributed by atoms with Gasteiger partial charge in [-0.25, -0.2) is 4.39 Å². The molecule has 0 radical (unpaired) electrons. The minimum atomic E-state index is -0.516. The van der Waals surface area contributed by atoms with Gasteiger partial charge in [0, 0.05) is 18.7 Å². The molecule has 0 bridgehead atoms. The summed E-state index contributed by atoms with van der Waals surface area (Å²) >= 11 is 0. The molecule has 0 saturated carbocycles. The third-order valence-corrected chi connectivity index (χ3v) is 4.74. The summed E-state index contributed by atoms with van der Waals surface area (Å²) in [6, 6.07) is 8.15. The number of ether oxygens (including phenoxy) is 1. The van der Waals surface area contributed by atoms with Crippen LogP contribution in [0, 0.1) is 36.9 Å². The van der Waals surface area contributed by atoms with E-state index < -0.39 is 18.5 Å². The predicted octanol–water partition coefficient (Wildman–Crippen LogP) is 4.08. The average molecular weight is 399 g/mol. The van der Waals surface area contributed by atoms with E-state index in [1.807, 2.05) is 20.8 Å². The number of aromatic nitrogens is 1. The number of amides is 1. The smallest absolute Gasteiger partial charge is 0.306 e. The molecule has 7 heteroatoms. The van der Waals surface area contributed by atoms with Gasteiger partial charge in [-0.1, -0.05) is 26.0 Å². The number of halogens is 1. The lowest BCUT2D eigenvalue weighted by molar-refractivity contribution is -0.147. The van der Waals surface area contributed by atoms with E-state index in [1.165, 1.54) is 12.1 Å². The first-order valence-corrected chi connectivity index (χ1v) is 9.52. The number of rotatable bonds is 8. The van der Waals surface area contributed by atoms with Crippen molar-refractivity contribution < 1.29 is 18.7 Å². The first-order valence-electron chi connectivity index (χ1n) is 9.52. The highest BCUT2D eigenvalue weighted by atomic mass is 19.1. The summed E-state index contributed by atoms with van der Waals surface area (Å²) in [6.45, 7) is 7.60. The van der Waals surface area contributed by atoms with Crippen molar-refractivity contribution >= 4 is 17.7 Å². The summed E-state index contributed by atoms with van der Waals surface area (Å²) in [5.41, 5.74) is 2.74. The number of nitrogens with one attached hydrogen (secondary N) is 1. The molecule has 154 valence electrons. The molecule has 29 heavy (non-hydrogen) atoms. The molecule has 1 amide bonds. The quantitative estimate of drug-likeness (QED) is 0.678. The summed E-state index contributed by atoms with van der Waals surface area (Å²) in [7, 11) is 0. The molecule has 1 aromatic heterocycles. The van der Waals surface area contributed by atoms with E-state index in [4.69, 9.17) is 4.74 Å². The second kappa shape index (κ2) is 9.87. The molecule has 0 aliphatic rings. The molecule has 0 fully saturated rings. The van der Waals surface area contributed by atoms with Gasteiger partial charge in [0.05, 0.1) is 5.56 Å². The van der Waals surface area contributed by atoms with Gasteiger partial charge >= 0.3 is 5.97 Å². The number of nitriles is 1. The highest BCUT2D eigenvalue weighted by Gasteiger charge is 2.20. The highest BCUT2D eigenvalue weighted by molar-refractivity contribution is 5.93. The molecular weight excluding hydrogens is 373 g/mol. The van der Waals surface area contributed by atoms with E-state index >= 15 is 0 Å². The lowest BCUT2D eigenvalue weighted by Crippen LogP contribution is -2.23. The van der Waals surface area contributed by atoms with Crippen LogP contribution in [0.3, 0.4) is 0 Å². The zero-order chi connectivity index (χ0) is 21.6. The van der Waals surface area contributed by atoms with Crippen molar-refractivity contribution in [3.63, 3.8) is 0 Å². The zero-order valence-corrected chi connectivity index (χ0v) is 17.2. The summed E-state index contributed by atoms with van der Waals surface area (Å²) in [5.74, 6) is -0.564. The SMILES string of the molecule is Cc1c(C#N)c(NC(=O)COC(=O)CCC(C)C)n(Cc2ccc(F)cc2)c1C. The van der Waals surface area contributed by atoms with E-state index in [1.54, 1.807) is 23.6 Å². The number of carbonyl (C=O) groups is 2. The van der Waals surface area contributed by atoms with Gasteiger partial charge in [-0.05, 0) is 49.4 Å². The van der Waals surface area contributed by atoms with Gasteiger partial charge in [0.2, 0.25) is 0 Å². The number of esters is 1. The molecule has 0 aliphatic carbocycles. The minimum absolute atomic E-state index is 0.257. The Morgan fingerprint density at radius 2 is 1.90 bits per heavy atom. The Labute approximate surface area is 170 Å². The molecule has 1 heterocycles. The van der Waals surface area contributed by atoms with Crippen LogP contribution in [0.1, 0.15) is 49.1 Å². The van der Waals surface area contributed by atoms with Gasteiger partial charge in [-0.15, -0.1) is 0 Å². The molecule has 0 atom stereocenters. The standard InChI is InChI=1S/C22H26FN3O3/c1-14(2)5-10-21(28)29-13-20(27)25-22-19(11-24)15(3)16(4)26(22)12-17-6-8-18(23)9-7-17/h6-9,14H,5,10,12-13H2,1-4H3,(H,25,27). The molecule has 0 unspecified atom stereocenters. The topological polar surface area (TPSA) is 84.1 Å². The Hall–Kier alpha value is -3.14. The summed E-state index contributed by atoms with van der Waals surface area (Å²) in [6.07, 6.45) is 0.950. The van der Waals surface area contributed by atoms with Crippen LogP contribution in [0.2, 0.25) is 0 Å².